The highest BCUT2D eigenvalue weighted by molar-refractivity contribution is 7.91. The number of thiophene rings is 1. The van der Waals surface area contributed by atoms with Gasteiger partial charge in [-0.3, -0.25) is 4.79 Å². The number of nitrogens with zero attached hydrogens (tertiary/aromatic N) is 1. The van der Waals surface area contributed by atoms with Crippen LogP contribution in [0.1, 0.15) is 17.2 Å². The van der Waals surface area contributed by atoms with E-state index < -0.39 is 28.6 Å². The molecule has 1 amide bonds. The van der Waals surface area contributed by atoms with Gasteiger partial charge in [-0.2, -0.15) is 13.1 Å². The zero-order valence-electron chi connectivity index (χ0n) is 16.4. The largest absolute Gasteiger partial charge is 0.435 e. The van der Waals surface area contributed by atoms with Gasteiger partial charge in [0.05, 0.1) is 12.6 Å². The Morgan fingerprint density at radius 1 is 1.03 bits per heavy atom. The van der Waals surface area contributed by atoms with Gasteiger partial charge in [0, 0.05) is 7.05 Å². The lowest BCUT2D eigenvalue weighted by Gasteiger charge is -2.22. The molecule has 164 valence electrons. The predicted molar refractivity (Wildman–Crippen MR) is 114 cm³/mol. The Bertz CT molecular complexity index is 1090. The van der Waals surface area contributed by atoms with Gasteiger partial charge >= 0.3 is 6.61 Å². The van der Waals surface area contributed by atoms with E-state index in [1.165, 1.54) is 25.2 Å². The number of rotatable bonds is 9. The maximum Gasteiger partial charge on any atom is 0.387 e. The highest BCUT2D eigenvalue weighted by Gasteiger charge is 2.25. The molecule has 0 aliphatic heterocycles. The number of carbonyl (C=O) groups excluding carboxylic acids is 1. The van der Waals surface area contributed by atoms with Crippen LogP contribution in [0.4, 0.5) is 8.78 Å². The van der Waals surface area contributed by atoms with Crippen molar-refractivity contribution in [2.75, 3.05) is 13.6 Å². The molecular weight excluding hydrogens is 446 g/mol. The van der Waals surface area contributed by atoms with Gasteiger partial charge in [-0.05, 0) is 34.7 Å². The van der Waals surface area contributed by atoms with Crippen molar-refractivity contribution < 1.29 is 26.7 Å². The van der Waals surface area contributed by atoms with E-state index in [4.69, 9.17) is 0 Å². The molecule has 1 aromatic heterocycles. The molecule has 0 unspecified atom stereocenters. The van der Waals surface area contributed by atoms with Gasteiger partial charge in [-0.15, -0.1) is 11.3 Å². The van der Waals surface area contributed by atoms with Crippen molar-refractivity contribution in [1.82, 2.24) is 9.62 Å². The van der Waals surface area contributed by atoms with Crippen molar-refractivity contribution in [1.29, 1.82) is 0 Å². The average Bonchev–Trinajstić information content (AvgIpc) is 3.29. The van der Waals surface area contributed by atoms with Gasteiger partial charge in [-0.25, -0.2) is 8.42 Å². The fourth-order valence-corrected chi connectivity index (χ4v) is 5.23. The van der Waals surface area contributed by atoms with Crippen molar-refractivity contribution in [2.24, 2.45) is 0 Å². The molecule has 0 saturated carbocycles. The Morgan fingerprint density at radius 3 is 2.26 bits per heavy atom. The van der Waals surface area contributed by atoms with E-state index in [-0.39, 0.29) is 16.5 Å². The first kappa shape index (κ1) is 22.9. The van der Waals surface area contributed by atoms with E-state index in [1.807, 2.05) is 6.07 Å². The molecule has 10 heteroatoms. The number of alkyl halides is 2. The molecule has 0 aliphatic carbocycles. The highest BCUT2D eigenvalue weighted by atomic mass is 32.2. The molecule has 0 fully saturated rings. The van der Waals surface area contributed by atoms with Gasteiger partial charge in [0.25, 0.3) is 10.0 Å². The van der Waals surface area contributed by atoms with Crippen LogP contribution >= 0.6 is 11.3 Å². The molecule has 0 spiro atoms. The Morgan fingerprint density at radius 2 is 1.68 bits per heavy atom. The number of carbonyl (C=O) groups is 1. The Balaban J connectivity index is 1.78. The predicted octanol–water partition coefficient (Wildman–Crippen LogP) is 3.88. The number of likely N-dealkylation sites (N-methyl/N-ethyl adjacent to an activating group) is 1. The van der Waals surface area contributed by atoms with Crippen LogP contribution in [0.25, 0.3) is 0 Å². The molecule has 0 saturated heterocycles. The molecule has 3 rings (SSSR count). The molecule has 6 nitrogen and oxygen atoms in total. The van der Waals surface area contributed by atoms with Crippen molar-refractivity contribution in [3.63, 3.8) is 0 Å². The van der Waals surface area contributed by atoms with E-state index in [1.54, 1.807) is 47.8 Å². The first-order valence-electron chi connectivity index (χ1n) is 9.16. The van der Waals surface area contributed by atoms with Crippen LogP contribution in [0.2, 0.25) is 0 Å². The summed E-state index contributed by atoms with van der Waals surface area (Å²) >= 11 is 1.07. The Labute approximate surface area is 183 Å². The van der Waals surface area contributed by atoms with Crippen LogP contribution in [0, 0.1) is 0 Å². The number of hydrogen-bond donors (Lipinski definition) is 1. The van der Waals surface area contributed by atoms with Crippen LogP contribution in [0.5, 0.6) is 5.75 Å². The fraction of sp³-hybridized carbons (Fsp3) is 0.190. The van der Waals surface area contributed by atoms with Crippen molar-refractivity contribution in [3.8, 4) is 5.75 Å². The summed E-state index contributed by atoms with van der Waals surface area (Å²) in [6.45, 7) is -3.31. The molecule has 1 heterocycles. The summed E-state index contributed by atoms with van der Waals surface area (Å²) in [7, 11) is -2.43. The summed E-state index contributed by atoms with van der Waals surface area (Å²) in [4.78, 5) is 12.7. The Kier molecular flexibility index (Phi) is 7.37. The Hall–Kier alpha value is -2.82. The number of benzene rings is 2. The number of hydrogen-bond acceptors (Lipinski definition) is 5. The molecule has 2 aromatic carbocycles. The first-order valence-corrected chi connectivity index (χ1v) is 11.5. The zero-order chi connectivity index (χ0) is 22.4. The van der Waals surface area contributed by atoms with Crippen molar-refractivity contribution >= 4 is 27.3 Å². The molecule has 31 heavy (non-hydrogen) atoms. The van der Waals surface area contributed by atoms with E-state index in [9.17, 15) is 22.0 Å². The van der Waals surface area contributed by atoms with Crippen LogP contribution in [0.3, 0.4) is 0 Å². The van der Waals surface area contributed by atoms with Crippen LogP contribution < -0.4 is 10.1 Å². The first-order chi connectivity index (χ1) is 14.8. The van der Waals surface area contributed by atoms with Gasteiger partial charge < -0.3 is 10.1 Å². The van der Waals surface area contributed by atoms with Gasteiger partial charge in [-0.1, -0.05) is 48.5 Å². The third-order valence-corrected chi connectivity index (χ3v) is 7.58. The number of ether oxygens (including phenoxy) is 1. The standard InChI is InChI=1S/C21H20F2N2O4S2/c1-25(31(27,28)19-8-5-13-30-19)14-18(26)24-20(15-6-3-2-4-7-15)16-9-11-17(12-10-16)29-21(22)23/h2-13,20-21H,14H2,1H3,(H,24,26)/t20-/m0/s1. The smallest absolute Gasteiger partial charge is 0.387 e. The number of nitrogens with one attached hydrogen (secondary N) is 1. The lowest BCUT2D eigenvalue weighted by molar-refractivity contribution is -0.121. The minimum Gasteiger partial charge on any atom is -0.435 e. The molecular formula is C21H20F2N2O4S2. The minimum absolute atomic E-state index is 0.00124. The molecule has 0 bridgehead atoms. The molecule has 0 aliphatic rings. The minimum atomic E-state index is -3.77. The lowest BCUT2D eigenvalue weighted by Crippen LogP contribution is -2.39. The average molecular weight is 467 g/mol. The quantitative estimate of drug-likeness (QED) is 0.519. The van der Waals surface area contributed by atoms with Crippen molar-refractivity contribution in [2.45, 2.75) is 16.9 Å². The second-order valence-corrected chi connectivity index (χ2v) is 9.77. The van der Waals surface area contributed by atoms with E-state index >= 15 is 0 Å². The number of amides is 1. The SMILES string of the molecule is CN(CC(=O)N[C@@H](c1ccccc1)c1ccc(OC(F)F)cc1)S(=O)(=O)c1cccs1. The van der Waals surface area contributed by atoms with E-state index in [0.29, 0.717) is 5.56 Å². The summed E-state index contributed by atoms with van der Waals surface area (Å²) in [6, 6.07) is 17.4. The summed E-state index contributed by atoms with van der Waals surface area (Å²) in [5.74, 6) is -0.511. The third kappa shape index (κ3) is 5.87. The van der Waals surface area contributed by atoms with Crippen LogP contribution in [0.15, 0.2) is 76.3 Å². The second-order valence-electron chi connectivity index (χ2n) is 6.55. The van der Waals surface area contributed by atoms with Crippen LogP contribution in [-0.4, -0.2) is 38.8 Å². The fourth-order valence-electron chi connectivity index (χ4n) is 2.90. The maximum atomic E-state index is 12.7. The van der Waals surface area contributed by atoms with E-state index in [2.05, 4.69) is 10.1 Å². The monoisotopic (exact) mass is 466 g/mol. The topological polar surface area (TPSA) is 75.7 Å². The molecule has 1 N–H and O–H groups in total. The van der Waals surface area contributed by atoms with E-state index in [0.717, 1.165) is 21.2 Å². The summed E-state index contributed by atoms with van der Waals surface area (Å²) in [5, 5.41) is 4.47. The summed E-state index contributed by atoms with van der Waals surface area (Å²) in [5.41, 5.74) is 1.38. The van der Waals surface area contributed by atoms with Gasteiger partial charge in [0.2, 0.25) is 5.91 Å². The number of sulfonamides is 1. The lowest BCUT2D eigenvalue weighted by atomic mass is 9.98. The zero-order valence-corrected chi connectivity index (χ0v) is 18.1. The van der Waals surface area contributed by atoms with Crippen molar-refractivity contribution in [3.05, 3.63) is 83.2 Å². The summed E-state index contributed by atoms with van der Waals surface area (Å²) in [6.07, 6.45) is 0. The maximum absolute atomic E-state index is 12.7. The second kappa shape index (κ2) is 9.99. The van der Waals surface area contributed by atoms with Gasteiger partial charge in [0.15, 0.2) is 0 Å². The summed E-state index contributed by atoms with van der Waals surface area (Å²) < 4.78 is 55.4. The van der Waals surface area contributed by atoms with Crippen LogP contribution in [-0.2, 0) is 14.8 Å². The molecule has 0 radical (unpaired) electrons. The third-order valence-electron chi connectivity index (χ3n) is 4.40. The molecule has 1 atom stereocenters. The highest BCUT2D eigenvalue weighted by Crippen LogP contribution is 2.25. The normalized spacial score (nSPS) is 12.7. The molecule has 3 aromatic rings. The van der Waals surface area contributed by atoms with Gasteiger partial charge in [0.1, 0.15) is 9.96 Å². The number of halogens is 2.